The molecule has 0 bridgehead atoms. The largest absolute Gasteiger partial charge is 0.354 e. The van der Waals surface area contributed by atoms with Crippen molar-refractivity contribution < 1.29 is 4.79 Å². The molecule has 6 nitrogen and oxygen atoms in total. The molecule has 19 heavy (non-hydrogen) atoms. The fourth-order valence-corrected chi connectivity index (χ4v) is 2.48. The third kappa shape index (κ3) is 4.02. The smallest absolute Gasteiger partial charge is 0.224 e. The molecule has 1 fully saturated rings. The lowest BCUT2D eigenvalue weighted by atomic mass is 9.96. The maximum absolute atomic E-state index is 12.1. The summed E-state index contributed by atoms with van der Waals surface area (Å²) in [5.41, 5.74) is 0. The predicted molar refractivity (Wildman–Crippen MR) is 72.5 cm³/mol. The van der Waals surface area contributed by atoms with Crippen LogP contribution in [0.25, 0.3) is 0 Å². The van der Waals surface area contributed by atoms with Crippen molar-refractivity contribution in [3.63, 3.8) is 0 Å². The van der Waals surface area contributed by atoms with E-state index >= 15 is 0 Å². The number of nitrogens with zero attached hydrogens (tertiary/aromatic N) is 4. The highest BCUT2D eigenvalue weighted by Crippen LogP contribution is 2.18. The molecule has 2 heterocycles. The van der Waals surface area contributed by atoms with Crippen molar-refractivity contribution in [3.05, 3.63) is 12.4 Å². The average molecular weight is 265 g/mol. The van der Waals surface area contributed by atoms with Gasteiger partial charge in [0.05, 0.1) is 18.7 Å². The Morgan fingerprint density at radius 2 is 2.37 bits per heavy atom. The summed E-state index contributed by atoms with van der Waals surface area (Å²) in [6.07, 6.45) is 5.55. The molecule has 1 N–H and O–H groups in total. The Kier molecular flexibility index (Phi) is 4.90. The summed E-state index contributed by atoms with van der Waals surface area (Å²) in [4.78, 5) is 14.5. The zero-order valence-corrected chi connectivity index (χ0v) is 11.7. The van der Waals surface area contributed by atoms with Gasteiger partial charge in [-0.15, -0.1) is 5.10 Å². The Hall–Kier alpha value is -1.43. The predicted octanol–water partition coefficient (Wildman–Crippen LogP) is 0.515. The first kappa shape index (κ1) is 14.0. The SMILES string of the molecule is CC(C)N1CCC[C@H](C(=O)NCCn2ccnn2)C1. The van der Waals surface area contributed by atoms with Gasteiger partial charge in [0, 0.05) is 25.3 Å². The van der Waals surface area contributed by atoms with Gasteiger partial charge in [-0.05, 0) is 33.2 Å². The van der Waals surface area contributed by atoms with Crippen LogP contribution in [0.1, 0.15) is 26.7 Å². The molecule has 0 aliphatic carbocycles. The summed E-state index contributed by atoms with van der Waals surface area (Å²) in [5.74, 6) is 0.303. The maximum atomic E-state index is 12.1. The highest BCUT2D eigenvalue weighted by Gasteiger charge is 2.26. The van der Waals surface area contributed by atoms with E-state index in [1.807, 2.05) is 0 Å². The number of hydrogen-bond acceptors (Lipinski definition) is 4. The quantitative estimate of drug-likeness (QED) is 0.843. The first-order chi connectivity index (χ1) is 9.16. The van der Waals surface area contributed by atoms with Crippen molar-refractivity contribution >= 4 is 5.91 Å². The minimum Gasteiger partial charge on any atom is -0.354 e. The molecule has 0 unspecified atom stereocenters. The number of carbonyl (C=O) groups is 1. The van der Waals surface area contributed by atoms with Gasteiger partial charge in [0.2, 0.25) is 5.91 Å². The summed E-state index contributed by atoms with van der Waals surface area (Å²) in [6.45, 7) is 7.65. The standard InChI is InChI=1S/C13H23N5O/c1-11(2)17-7-3-4-12(10-17)13(19)14-5-8-18-9-6-15-16-18/h6,9,11-12H,3-5,7-8,10H2,1-2H3,(H,14,19)/t12-/m0/s1. The number of piperidine rings is 1. The van der Waals surface area contributed by atoms with Crippen LogP contribution in [0.5, 0.6) is 0 Å². The normalized spacial score (nSPS) is 20.7. The van der Waals surface area contributed by atoms with Crippen molar-refractivity contribution in [2.45, 2.75) is 39.3 Å². The minimum absolute atomic E-state index is 0.131. The molecule has 1 saturated heterocycles. The van der Waals surface area contributed by atoms with Gasteiger partial charge >= 0.3 is 0 Å². The van der Waals surface area contributed by atoms with Crippen molar-refractivity contribution in [1.82, 2.24) is 25.2 Å². The number of hydrogen-bond donors (Lipinski definition) is 1. The average Bonchev–Trinajstić information content (AvgIpc) is 2.92. The lowest BCUT2D eigenvalue weighted by Gasteiger charge is -2.34. The second kappa shape index (κ2) is 6.65. The van der Waals surface area contributed by atoms with Crippen molar-refractivity contribution in [2.75, 3.05) is 19.6 Å². The Bertz CT molecular complexity index is 390. The maximum Gasteiger partial charge on any atom is 0.224 e. The third-order valence-electron chi connectivity index (χ3n) is 3.67. The summed E-state index contributed by atoms with van der Waals surface area (Å²) in [5, 5.41) is 10.6. The summed E-state index contributed by atoms with van der Waals surface area (Å²) in [7, 11) is 0. The van der Waals surface area contributed by atoms with E-state index < -0.39 is 0 Å². The van der Waals surface area contributed by atoms with E-state index in [-0.39, 0.29) is 11.8 Å². The third-order valence-corrected chi connectivity index (χ3v) is 3.67. The van der Waals surface area contributed by atoms with Crippen LogP contribution >= 0.6 is 0 Å². The van der Waals surface area contributed by atoms with Crippen LogP contribution in [0.2, 0.25) is 0 Å². The minimum atomic E-state index is 0.131. The Balaban J connectivity index is 1.73. The zero-order chi connectivity index (χ0) is 13.7. The molecular formula is C13H23N5O. The van der Waals surface area contributed by atoms with Crippen LogP contribution in [-0.4, -0.2) is 51.5 Å². The molecule has 1 aliphatic rings. The lowest BCUT2D eigenvalue weighted by molar-refractivity contribution is -0.126. The van der Waals surface area contributed by atoms with Gasteiger partial charge in [-0.25, -0.2) is 0 Å². The van der Waals surface area contributed by atoms with E-state index in [4.69, 9.17) is 0 Å². The number of rotatable bonds is 5. The molecule has 1 aliphatic heterocycles. The van der Waals surface area contributed by atoms with Crippen molar-refractivity contribution in [3.8, 4) is 0 Å². The number of carbonyl (C=O) groups excluding carboxylic acids is 1. The molecule has 6 heteroatoms. The van der Waals surface area contributed by atoms with E-state index in [0.717, 1.165) is 25.9 Å². The molecule has 1 aromatic heterocycles. The molecule has 2 rings (SSSR count). The van der Waals surface area contributed by atoms with Crippen LogP contribution in [-0.2, 0) is 11.3 Å². The summed E-state index contributed by atoms with van der Waals surface area (Å²) >= 11 is 0. The molecule has 0 spiro atoms. The van der Waals surface area contributed by atoms with Crippen LogP contribution in [0.3, 0.4) is 0 Å². The topological polar surface area (TPSA) is 63.1 Å². The Morgan fingerprint density at radius 3 is 3.05 bits per heavy atom. The lowest BCUT2D eigenvalue weighted by Crippen LogP contribution is -2.46. The molecule has 0 aromatic carbocycles. The van der Waals surface area contributed by atoms with E-state index in [1.165, 1.54) is 0 Å². The second-order valence-electron chi connectivity index (χ2n) is 5.38. The van der Waals surface area contributed by atoms with E-state index in [1.54, 1.807) is 17.1 Å². The zero-order valence-electron chi connectivity index (χ0n) is 11.7. The van der Waals surface area contributed by atoms with Crippen LogP contribution in [0, 0.1) is 5.92 Å². The molecule has 106 valence electrons. The van der Waals surface area contributed by atoms with Gasteiger partial charge in [0.1, 0.15) is 0 Å². The Morgan fingerprint density at radius 1 is 1.53 bits per heavy atom. The summed E-state index contributed by atoms with van der Waals surface area (Å²) in [6, 6.07) is 0.519. The van der Waals surface area contributed by atoms with Gasteiger partial charge in [0.15, 0.2) is 0 Å². The van der Waals surface area contributed by atoms with Crippen LogP contribution in [0.15, 0.2) is 12.4 Å². The molecule has 0 radical (unpaired) electrons. The number of aromatic nitrogens is 3. The van der Waals surface area contributed by atoms with Gasteiger partial charge in [-0.1, -0.05) is 5.21 Å². The van der Waals surface area contributed by atoms with Crippen molar-refractivity contribution in [1.29, 1.82) is 0 Å². The first-order valence-electron chi connectivity index (χ1n) is 7.02. The Labute approximate surface area is 114 Å². The fourth-order valence-electron chi connectivity index (χ4n) is 2.48. The number of nitrogens with one attached hydrogen (secondary N) is 1. The molecular weight excluding hydrogens is 242 g/mol. The monoisotopic (exact) mass is 265 g/mol. The van der Waals surface area contributed by atoms with Crippen LogP contribution < -0.4 is 5.32 Å². The highest BCUT2D eigenvalue weighted by molar-refractivity contribution is 5.78. The molecule has 0 saturated carbocycles. The van der Waals surface area contributed by atoms with E-state index in [9.17, 15) is 4.79 Å². The van der Waals surface area contributed by atoms with Gasteiger partial charge in [0.25, 0.3) is 0 Å². The van der Waals surface area contributed by atoms with Crippen molar-refractivity contribution in [2.24, 2.45) is 5.92 Å². The summed E-state index contributed by atoms with van der Waals surface area (Å²) < 4.78 is 1.72. The fraction of sp³-hybridized carbons (Fsp3) is 0.769. The van der Waals surface area contributed by atoms with E-state index in [2.05, 4.69) is 34.4 Å². The van der Waals surface area contributed by atoms with Gasteiger partial charge in [-0.3, -0.25) is 9.48 Å². The highest BCUT2D eigenvalue weighted by atomic mass is 16.1. The number of amides is 1. The first-order valence-corrected chi connectivity index (χ1v) is 7.02. The molecule has 1 amide bonds. The van der Waals surface area contributed by atoms with Crippen LogP contribution in [0.4, 0.5) is 0 Å². The second-order valence-corrected chi connectivity index (χ2v) is 5.38. The van der Waals surface area contributed by atoms with Gasteiger partial charge < -0.3 is 10.2 Å². The molecule has 1 atom stereocenters. The molecule has 1 aromatic rings. The van der Waals surface area contributed by atoms with Gasteiger partial charge in [-0.2, -0.15) is 0 Å². The van der Waals surface area contributed by atoms with E-state index in [0.29, 0.717) is 19.1 Å². The number of likely N-dealkylation sites (tertiary alicyclic amines) is 1.